The van der Waals surface area contributed by atoms with Gasteiger partial charge in [-0.3, -0.25) is 19.3 Å². The zero-order valence-electron chi connectivity index (χ0n) is 17.2. The average Bonchev–Trinajstić information content (AvgIpc) is 2.94. The van der Waals surface area contributed by atoms with Crippen molar-refractivity contribution in [1.82, 2.24) is 15.5 Å². The highest BCUT2D eigenvalue weighted by Gasteiger charge is 2.49. The number of benzene rings is 2. The SMILES string of the molecule is CC(C)CNC(=O)COC(=O)CN1C(=O)N[C@](C)(c2ccc3ccccc3c2)C1=O. The third-order valence-corrected chi connectivity index (χ3v) is 4.96. The van der Waals surface area contributed by atoms with Gasteiger partial charge in [-0.2, -0.15) is 0 Å². The number of amides is 4. The number of urea groups is 1. The van der Waals surface area contributed by atoms with Crippen LogP contribution in [0.3, 0.4) is 0 Å². The Balaban J connectivity index is 1.66. The maximum atomic E-state index is 13.0. The van der Waals surface area contributed by atoms with Gasteiger partial charge in [-0.1, -0.05) is 50.2 Å². The van der Waals surface area contributed by atoms with E-state index in [1.54, 1.807) is 13.0 Å². The topological polar surface area (TPSA) is 105 Å². The lowest BCUT2D eigenvalue weighted by atomic mass is 9.90. The molecule has 30 heavy (non-hydrogen) atoms. The highest BCUT2D eigenvalue weighted by molar-refractivity contribution is 6.09. The fourth-order valence-corrected chi connectivity index (χ4v) is 3.23. The van der Waals surface area contributed by atoms with E-state index in [4.69, 9.17) is 4.74 Å². The molecule has 1 aliphatic rings. The number of ether oxygens (including phenoxy) is 1. The Morgan fingerprint density at radius 1 is 1.13 bits per heavy atom. The smallest absolute Gasteiger partial charge is 0.326 e. The Bertz CT molecular complexity index is 1000. The second-order valence-corrected chi connectivity index (χ2v) is 7.87. The number of carbonyl (C=O) groups is 4. The first kappa shape index (κ1) is 21.3. The molecular formula is C22H25N3O5. The minimum absolute atomic E-state index is 0.267. The van der Waals surface area contributed by atoms with Crippen LogP contribution in [0.1, 0.15) is 26.3 Å². The number of carbonyl (C=O) groups excluding carboxylic acids is 4. The van der Waals surface area contributed by atoms with Crippen LogP contribution >= 0.6 is 0 Å². The predicted octanol–water partition coefficient (Wildman–Crippen LogP) is 1.92. The molecule has 1 fully saturated rings. The average molecular weight is 411 g/mol. The number of hydrogen-bond donors (Lipinski definition) is 2. The van der Waals surface area contributed by atoms with Gasteiger partial charge in [0.1, 0.15) is 12.1 Å². The molecule has 0 radical (unpaired) electrons. The van der Waals surface area contributed by atoms with Crippen molar-refractivity contribution in [3.05, 3.63) is 48.0 Å². The fraction of sp³-hybridized carbons (Fsp3) is 0.364. The maximum absolute atomic E-state index is 13.0. The van der Waals surface area contributed by atoms with Crippen molar-refractivity contribution in [3.8, 4) is 0 Å². The fourth-order valence-electron chi connectivity index (χ4n) is 3.23. The van der Waals surface area contributed by atoms with E-state index in [2.05, 4.69) is 10.6 Å². The van der Waals surface area contributed by atoms with Gasteiger partial charge in [0.15, 0.2) is 6.61 Å². The summed E-state index contributed by atoms with van der Waals surface area (Å²) >= 11 is 0. The van der Waals surface area contributed by atoms with E-state index in [-0.39, 0.29) is 5.92 Å². The molecule has 0 aliphatic carbocycles. The summed E-state index contributed by atoms with van der Waals surface area (Å²) in [5, 5.41) is 7.23. The first-order valence-corrected chi connectivity index (χ1v) is 9.76. The van der Waals surface area contributed by atoms with E-state index in [1.165, 1.54) is 0 Å². The van der Waals surface area contributed by atoms with Crippen LogP contribution in [0, 0.1) is 5.92 Å². The van der Waals surface area contributed by atoms with Gasteiger partial charge in [-0.25, -0.2) is 4.79 Å². The van der Waals surface area contributed by atoms with Crippen molar-refractivity contribution >= 4 is 34.6 Å². The molecule has 0 saturated carbocycles. The number of esters is 1. The predicted molar refractivity (Wildman–Crippen MR) is 110 cm³/mol. The number of imide groups is 1. The van der Waals surface area contributed by atoms with Gasteiger partial charge in [-0.15, -0.1) is 0 Å². The van der Waals surface area contributed by atoms with Crippen LogP contribution in [0.25, 0.3) is 10.8 Å². The third kappa shape index (κ3) is 4.42. The molecular weight excluding hydrogens is 386 g/mol. The van der Waals surface area contributed by atoms with Crippen LogP contribution in [0.4, 0.5) is 4.79 Å². The zero-order chi connectivity index (χ0) is 21.9. The lowest BCUT2D eigenvalue weighted by Gasteiger charge is -2.22. The quantitative estimate of drug-likeness (QED) is 0.535. The molecule has 8 nitrogen and oxygen atoms in total. The monoisotopic (exact) mass is 411 g/mol. The van der Waals surface area contributed by atoms with Gasteiger partial charge in [0.2, 0.25) is 0 Å². The van der Waals surface area contributed by atoms with Crippen LogP contribution in [0.15, 0.2) is 42.5 Å². The summed E-state index contributed by atoms with van der Waals surface area (Å²) in [5.74, 6) is -1.55. The van der Waals surface area contributed by atoms with Gasteiger partial charge < -0.3 is 15.4 Å². The standard InChI is InChI=1S/C22H25N3O5/c1-14(2)11-23-18(26)13-30-19(27)12-25-20(28)22(3,24-21(25)29)17-9-8-15-6-4-5-7-16(15)10-17/h4-10,14H,11-13H2,1-3H3,(H,23,26)(H,24,29)/t22-/m1/s1. The summed E-state index contributed by atoms with van der Waals surface area (Å²) in [7, 11) is 0. The van der Waals surface area contributed by atoms with Gasteiger partial charge in [0, 0.05) is 6.54 Å². The van der Waals surface area contributed by atoms with Crippen molar-refractivity contribution in [2.45, 2.75) is 26.3 Å². The van der Waals surface area contributed by atoms with Crippen molar-refractivity contribution in [1.29, 1.82) is 0 Å². The number of nitrogens with one attached hydrogen (secondary N) is 2. The van der Waals surface area contributed by atoms with Gasteiger partial charge >= 0.3 is 12.0 Å². The van der Waals surface area contributed by atoms with Crippen LogP contribution in [0.2, 0.25) is 0 Å². The Morgan fingerprint density at radius 3 is 2.53 bits per heavy atom. The second-order valence-electron chi connectivity index (χ2n) is 7.87. The third-order valence-electron chi connectivity index (χ3n) is 4.96. The van der Waals surface area contributed by atoms with E-state index in [0.717, 1.165) is 15.7 Å². The van der Waals surface area contributed by atoms with E-state index in [1.807, 2.05) is 50.2 Å². The van der Waals surface area contributed by atoms with Crippen LogP contribution in [-0.4, -0.2) is 48.4 Å². The summed E-state index contributed by atoms with van der Waals surface area (Å²) in [6.45, 7) is 4.92. The summed E-state index contributed by atoms with van der Waals surface area (Å²) in [5.41, 5.74) is -0.681. The van der Waals surface area contributed by atoms with Crippen molar-refractivity contribution in [2.75, 3.05) is 19.7 Å². The highest BCUT2D eigenvalue weighted by atomic mass is 16.5. The lowest BCUT2D eigenvalue weighted by Crippen LogP contribution is -2.42. The molecule has 1 atom stereocenters. The van der Waals surface area contributed by atoms with Gasteiger partial charge in [0.05, 0.1) is 0 Å². The largest absolute Gasteiger partial charge is 0.454 e. The lowest BCUT2D eigenvalue weighted by molar-refractivity contribution is -0.151. The molecule has 0 aromatic heterocycles. The first-order valence-electron chi connectivity index (χ1n) is 9.76. The molecule has 158 valence electrons. The molecule has 2 N–H and O–H groups in total. The maximum Gasteiger partial charge on any atom is 0.326 e. The minimum Gasteiger partial charge on any atom is -0.454 e. The van der Waals surface area contributed by atoms with Gasteiger partial charge in [0.25, 0.3) is 11.8 Å². The zero-order valence-corrected chi connectivity index (χ0v) is 17.2. The molecule has 4 amide bonds. The number of hydrogen-bond acceptors (Lipinski definition) is 5. The summed E-state index contributed by atoms with van der Waals surface area (Å²) in [4.78, 5) is 49.9. The van der Waals surface area contributed by atoms with Crippen LogP contribution < -0.4 is 10.6 Å². The van der Waals surface area contributed by atoms with Crippen molar-refractivity contribution in [2.24, 2.45) is 5.92 Å². The van der Waals surface area contributed by atoms with E-state index in [0.29, 0.717) is 12.1 Å². The molecule has 8 heteroatoms. The minimum atomic E-state index is -1.30. The molecule has 1 saturated heterocycles. The Kier molecular flexibility index (Phi) is 6.05. The molecule has 0 bridgehead atoms. The molecule has 0 spiro atoms. The Morgan fingerprint density at radius 2 is 1.83 bits per heavy atom. The van der Waals surface area contributed by atoms with Crippen molar-refractivity contribution < 1.29 is 23.9 Å². The van der Waals surface area contributed by atoms with Crippen LogP contribution in [0.5, 0.6) is 0 Å². The molecule has 2 aromatic carbocycles. The van der Waals surface area contributed by atoms with Crippen LogP contribution in [-0.2, 0) is 24.7 Å². The molecule has 1 heterocycles. The number of rotatable bonds is 7. The van der Waals surface area contributed by atoms with E-state index < -0.39 is 42.5 Å². The molecule has 0 unspecified atom stereocenters. The Labute approximate surface area is 174 Å². The Hall–Kier alpha value is -3.42. The first-order chi connectivity index (χ1) is 14.2. The molecule has 3 rings (SSSR count). The van der Waals surface area contributed by atoms with Gasteiger partial charge in [-0.05, 0) is 35.2 Å². The van der Waals surface area contributed by atoms with E-state index >= 15 is 0 Å². The molecule has 1 aliphatic heterocycles. The number of nitrogens with zero attached hydrogens (tertiary/aromatic N) is 1. The second kappa shape index (κ2) is 8.52. The summed E-state index contributed by atoms with van der Waals surface area (Å²) in [6, 6.07) is 12.5. The van der Waals surface area contributed by atoms with E-state index in [9.17, 15) is 19.2 Å². The summed E-state index contributed by atoms with van der Waals surface area (Å²) < 4.78 is 4.90. The van der Waals surface area contributed by atoms with Crippen molar-refractivity contribution in [3.63, 3.8) is 0 Å². The highest BCUT2D eigenvalue weighted by Crippen LogP contribution is 2.30. The molecule has 2 aromatic rings. The summed E-state index contributed by atoms with van der Waals surface area (Å²) in [6.07, 6.45) is 0. The normalized spacial score (nSPS) is 18.6. The number of fused-ring (bicyclic) bond motifs is 1.